The summed E-state index contributed by atoms with van der Waals surface area (Å²) >= 11 is 0. The van der Waals surface area contributed by atoms with Crippen molar-refractivity contribution in [3.05, 3.63) is 46.5 Å². The summed E-state index contributed by atoms with van der Waals surface area (Å²) in [5, 5.41) is 32.5. The molecule has 0 saturated heterocycles. The Hall–Kier alpha value is -3.39. The maximum atomic E-state index is 13.6. The number of methoxy groups -OCH3 is 2. The van der Waals surface area contributed by atoms with E-state index in [4.69, 9.17) is 18.9 Å². The van der Waals surface area contributed by atoms with Crippen molar-refractivity contribution in [1.29, 1.82) is 0 Å². The van der Waals surface area contributed by atoms with Crippen molar-refractivity contribution in [2.45, 2.75) is 32.0 Å². The molecule has 164 valence electrons. The number of fused-ring (bicyclic) bond motifs is 4. The van der Waals surface area contributed by atoms with Crippen molar-refractivity contribution >= 4 is 5.78 Å². The normalized spacial score (nSPS) is 21.1. The van der Waals surface area contributed by atoms with Gasteiger partial charge in [0, 0.05) is 23.3 Å². The van der Waals surface area contributed by atoms with Gasteiger partial charge in [0.15, 0.2) is 23.2 Å². The monoisotopic (exact) mass is 428 g/mol. The van der Waals surface area contributed by atoms with Gasteiger partial charge in [-0.15, -0.1) is 0 Å². The molecule has 2 aromatic carbocycles. The molecule has 0 radical (unpaired) electrons. The second kappa shape index (κ2) is 7.39. The van der Waals surface area contributed by atoms with Crippen LogP contribution in [0.5, 0.6) is 34.5 Å². The minimum absolute atomic E-state index is 0.0437. The molecule has 3 N–H and O–H groups in total. The Bertz CT molecular complexity index is 1100. The molecule has 0 bridgehead atoms. The lowest BCUT2D eigenvalue weighted by atomic mass is 9.76. The second-order valence-corrected chi connectivity index (χ2v) is 7.80. The van der Waals surface area contributed by atoms with Crippen LogP contribution in [-0.2, 0) is 12.0 Å². The lowest BCUT2D eigenvalue weighted by Crippen LogP contribution is -2.57. The Labute approximate surface area is 179 Å². The average Bonchev–Trinajstić information content (AvgIpc) is 2.73. The van der Waals surface area contributed by atoms with E-state index in [-0.39, 0.29) is 41.4 Å². The van der Waals surface area contributed by atoms with E-state index in [2.05, 4.69) is 0 Å². The highest BCUT2D eigenvalue weighted by Crippen LogP contribution is 2.52. The van der Waals surface area contributed by atoms with Crippen LogP contribution >= 0.6 is 0 Å². The zero-order valence-electron chi connectivity index (χ0n) is 17.7. The molecular weight excluding hydrogens is 404 g/mol. The number of carbonyl (C=O) groups excluding carboxylic acids is 1. The summed E-state index contributed by atoms with van der Waals surface area (Å²) in [5.74, 6) is -0.441. The SMILES string of the molecule is COc1cc2c(cc1OC)[C@@]1(O)C(=O)c3c(O)cc(O)c(CC=C(C)C)c3O[C@H]1CO2. The van der Waals surface area contributed by atoms with Crippen molar-refractivity contribution in [3.8, 4) is 34.5 Å². The van der Waals surface area contributed by atoms with Gasteiger partial charge in [-0.25, -0.2) is 0 Å². The van der Waals surface area contributed by atoms with Gasteiger partial charge in [0.05, 0.1) is 14.2 Å². The summed E-state index contributed by atoms with van der Waals surface area (Å²) < 4.78 is 22.3. The fourth-order valence-corrected chi connectivity index (χ4v) is 3.98. The van der Waals surface area contributed by atoms with Crippen LogP contribution in [-0.4, -0.2) is 48.0 Å². The molecule has 0 aromatic heterocycles. The lowest BCUT2D eigenvalue weighted by molar-refractivity contribution is -0.0806. The molecule has 0 amide bonds. The van der Waals surface area contributed by atoms with E-state index < -0.39 is 23.2 Å². The summed E-state index contributed by atoms with van der Waals surface area (Å²) in [7, 11) is 2.91. The predicted octanol–water partition coefficient (Wildman–Crippen LogP) is 2.85. The third-order valence-corrected chi connectivity index (χ3v) is 5.64. The quantitative estimate of drug-likeness (QED) is 0.637. The summed E-state index contributed by atoms with van der Waals surface area (Å²) in [5.41, 5.74) is -0.799. The average molecular weight is 428 g/mol. The molecule has 31 heavy (non-hydrogen) atoms. The minimum Gasteiger partial charge on any atom is -0.507 e. The highest BCUT2D eigenvalue weighted by atomic mass is 16.6. The van der Waals surface area contributed by atoms with Crippen molar-refractivity contribution in [1.82, 2.24) is 0 Å². The molecule has 8 nitrogen and oxygen atoms in total. The fraction of sp³-hybridized carbons (Fsp3) is 0.348. The standard InChI is InChI=1S/C23H24O8/c1-11(2)5-6-12-14(24)8-15(25)20-21(12)31-19-10-30-16-9-18(29-4)17(28-3)7-13(16)23(19,27)22(20)26/h5,7-9,19,24-25,27H,6,10H2,1-4H3/t19-,23-/m0/s1. The third kappa shape index (κ3) is 3.06. The number of phenolic OH excluding ortho intramolecular Hbond substituents is 2. The molecule has 2 aromatic rings. The maximum Gasteiger partial charge on any atom is 0.210 e. The number of phenols is 2. The first kappa shape index (κ1) is 20.9. The van der Waals surface area contributed by atoms with Crippen LogP contribution in [0.25, 0.3) is 0 Å². The van der Waals surface area contributed by atoms with Crippen LogP contribution < -0.4 is 18.9 Å². The van der Waals surface area contributed by atoms with Crippen LogP contribution in [0.1, 0.15) is 35.3 Å². The van der Waals surface area contributed by atoms with Crippen LogP contribution in [0.2, 0.25) is 0 Å². The highest BCUT2D eigenvalue weighted by Gasteiger charge is 2.57. The summed E-state index contributed by atoms with van der Waals surface area (Å²) in [6, 6.07) is 4.09. The molecule has 0 unspecified atom stereocenters. The van der Waals surface area contributed by atoms with Gasteiger partial charge in [-0.05, 0) is 26.3 Å². The molecule has 2 atom stereocenters. The Balaban J connectivity index is 1.91. The van der Waals surface area contributed by atoms with E-state index in [1.54, 1.807) is 0 Å². The van der Waals surface area contributed by atoms with Gasteiger partial charge in [-0.2, -0.15) is 0 Å². The van der Waals surface area contributed by atoms with E-state index >= 15 is 0 Å². The lowest BCUT2D eigenvalue weighted by Gasteiger charge is -2.43. The van der Waals surface area contributed by atoms with Gasteiger partial charge in [-0.3, -0.25) is 4.79 Å². The van der Waals surface area contributed by atoms with E-state index in [1.807, 2.05) is 19.9 Å². The van der Waals surface area contributed by atoms with Gasteiger partial charge < -0.3 is 34.3 Å². The number of Topliss-reactive ketones (excluding diaryl/α,β-unsaturated/α-hetero) is 1. The summed E-state index contributed by atoms with van der Waals surface area (Å²) in [4.78, 5) is 13.6. The maximum absolute atomic E-state index is 13.6. The number of hydrogen-bond acceptors (Lipinski definition) is 8. The number of hydrogen-bond donors (Lipinski definition) is 3. The molecule has 0 fully saturated rings. The number of aliphatic hydroxyl groups is 1. The van der Waals surface area contributed by atoms with Gasteiger partial charge in [0.25, 0.3) is 0 Å². The molecule has 8 heteroatoms. The van der Waals surface area contributed by atoms with Crippen molar-refractivity contribution in [2.75, 3.05) is 20.8 Å². The first-order chi connectivity index (χ1) is 14.7. The van der Waals surface area contributed by atoms with Gasteiger partial charge in [-0.1, -0.05) is 11.6 Å². The Kier molecular flexibility index (Phi) is 4.97. The van der Waals surface area contributed by atoms with E-state index in [9.17, 15) is 20.1 Å². The van der Waals surface area contributed by atoms with Gasteiger partial charge in [0.1, 0.15) is 35.2 Å². The second-order valence-electron chi connectivity index (χ2n) is 7.80. The molecule has 2 aliphatic heterocycles. The largest absolute Gasteiger partial charge is 0.507 e. The Morgan fingerprint density at radius 3 is 2.48 bits per heavy atom. The molecule has 0 aliphatic carbocycles. The number of allylic oxidation sites excluding steroid dienone is 2. The number of ketones is 1. The third-order valence-electron chi connectivity index (χ3n) is 5.64. The van der Waals surface area contributed by atoms with Gasteiger partial charge in [0.2, 0.25) is 5.78 Å². The summed E-state index contributed by atoms with van der Waals surface area (Å²) in [6.07, 6.45) is 1.06. The van der Waals surface area contributed by atoms with E-state index in [0.717, 1.165) is 11.6 Å². The van der Waals surface area contributed by atoms with Crippen molar-refractivity contribution < 1.29 is 39.1 Å². The molecule has 4 rings (SSSR count). The van der Waals surface area contributed by atoms with E-state index in [0.29, 0.717) is 17.1 Å². The summed E-state index contributed by atoms with van der Waals surface area (Å²) in [6.45, 7) is 3.69. The van der Waals surface area contributed by atoms with Crippen LogP contribution in [0.4, 0.5) is 0 Å². The molecule has 0 spiro atoms. The van der Waals surface area contributed by atoms with Crippen LogP contribution in [0, 0.1) is 0 Å². The number of carbonyl (C=O) groups is 1. The van der Waals surface area contributed by atoms with Crippen LogP contribution in [0.15, 0.2) is 29.8 Å². The van der Waals surface area contributed by atoms with E-state index in [1.165, 1.54) is 26.4 Å². The molecule has 2 aliphatic rings. The molecule has 2 heterocycles. The van der Waals surface area contributed by atoms with Crippen molar-refractivity contribution in [3.63, 3.8) is 0 Å². The number of benzene rings is 2. The minimum atomic E-state index is -2.12. The Morgan fingerprint density at radius 1 is 1.16 bits per heavy atom. The Morgan fingerprint density at radius 2 is 1.84 bits per heavy atom. The van der Waals surface area contributed by atoms with Crippen LogP contribution in [0.3, 0.4) is 0 Å². The highest BCUT2D eigenvalue weighted by molar-refractivity contribution is 6.09. The molecular formula is C23H24O8. The predicted molar refractivity (Wildman–Crippen MR) is 111 cm³/mol. The first-order valence-corrected chi connectivity index (χ1v) is 9.76. The number of aromatic hydroxyl groups is 2. The van der Waals surface area contributed by atoms with Gasteiger partial charge >= 0.3 is 0 Å². The number of rotatable bonds is 4. The van der Waals surface area contributed by atoms with Crippen molar-refractivity contribution in [2.24, 2.45) is 0 Å². The topological polar surface area (TPSA) is 115 Å². The first-order valence-electron chi connectivity index (χ1n) is 9.76. The molecule has 0 saturated carbocycles. The number of ether oxygens (including phenoxy) is 4. The smallest absolute Gasteiger partial charge is 0.210 e. The zero-order chi connectivity index (χ0) is 22.5. The zero-order valence-corrected chi connectivity index (χ0v) is 17.7. The fourth-order valence-electron chi connectivity index (χ4n) is 3.98.